The first-order valence-electron chi connectivity index (χ1n) is 4.87. The van der Waals surface area contributed by atoms with E-state index in [1.165, 1.54) is 19.1 Å². The molecule has 0 spiro atoms. The zero-order valence-electron chi connectivity index (χ0n) is 8.97. The molecule has 2 aromatic rings. The molecule has 0 aliphatic rings. The zero-order chi connectivity index (χ0) is 12.6. The van der Waals surface area contributed by atoms with Crippen LogP contribution in [0, 0.1) is 6.92 Å². The molecule has 1 heterocycles. The van der Waals surface area contributed by atoms with Crippen molar-refractivity contribution in [2.45, 2.75) is 13.1 Å². The van der Waals surface area contributed by atoms with Gasteiger partial charge >= 0.3 is 6.18 Å². The summed E-state index contributed by atoms with van der Waals surface area (Å²) in [6, 6.07) is 5.49. The van der Waals surface area contributed by atoms with Crippen molar-refractivity contribution < 1.29 is 13.2 Å². The lowest BCUT2D eigenvalue weighted by Crippen LogP contribution is -2.08. The van der Waals surface area contributed by atoms with Gasteiger partial charge in [-0.05, 0) is 18.6 Å². The third kappa shape index (κ3) is 2.11. The number of rotatable bonds is 1. The van der Waals surface area contributed by atoms with Crippen molar-refractivity contribution in [1.29, 1.82) is 0 Å². The molecular formula is C11H10F3N3. The second kappa shape index (κ2) is 3.80. The van der Waals surface area contributed by atoms with Gasteiger partial charge in [-0.1, -0.05) is 12.1 Å². The zero-order valence-corrected chi connectivity index (χ0v) is 8.97. The molecule has 0 amide bonds. The van der Waals surface area contributed by atoms with Gasteiger partial charge in [-0.3, -0.25) is 5.10 Å². The minimum Gasteiger partial charge on any atom is -0.384 e. The number of aromatic nitrogens is 2. The van der Waals surface area contributed by atoms with E-state index in [0.717, 1.165) is 6.07 Å². The van der Waals surface area contributed by atoms with Crippen LogP contribution in [0.4, 0.5) is 19.0 Å². The van der Waals surface area contributed by atoms with Crippen molar-refractivity contribution in [3.05, 3.63) is 35.4 Å². The van der Waals surface area contributed by atoms with Crippen LogP contribution in [0.15, 0.2) is 24.3 Å². The topological polar surface area (TPSA) is 54.7 Å². The number of hydrogen-bond donors (Lipinski definition) is 2. The molecule has 0 radical (unpaired) electrons. The number of alkyl halides is 3. The third-order valence-electron chi connectivity index (χ3n) is 2.51. The molecule has 1 aromatic heterocycles. The number of H-pyrrole nitrogens is 1. The van der Waals surface area contributed by atoms with Crippen LogP contribution < -0.4 is 5.73 Å². The minimum absolute atomic E-state index is 0.145. The predicted molar refractivity (Wildman–Crippen MR) is 58.2 cm³/mol. The second-order valence-corrected chi connectivity index (χ2v) is 3.68. The summed E-state index contributed by atoms with van der Waals surface area (Å²) in [4.78, 5) is 0. The molecule has 90 valence electrons. The number of halogens is 3. The van der Waals surface area contributed by atoms with Gasteiger partial charge in [0.1, 0.15) is 5.82 Å². The average molecular weight is 241 g/mol. The fraction of sp³-hybridized carbons (Fsp3) is 0.182. The first-order chi connectivity index (χ1) is 7.89. The summed E-state index contributed by atoms with van der Waals surface area (Å²) in [5.41, 5.74) is 5.77. The molecule has 0 saturated carbocycles. The van der Waals surface area contributed by atoms with E-state index in [1.54, 1.807) is 6.07 Å². The highest BCUT2D eigenvalue weighted by Crippen LogP contribution is 2.35. The van der Waals surface area contributed by atoms with Crippen molar-refractivity contribution >= 4 is 5.82 Å². The molecule has 2 rings (SSSR count). The first kappa shape index (κ1) is 11.5. The Labute approximate surface area is 95.5 Å². The van der Waals surface area contributed by atoms with Gasteiger partial charge in [0, 0.05) is 11.6 Å². The van der Waals surface area contributed by atoms with Crippen LogP contribution in [0.3, 0.4) is 0 Å². The highest BCUT2D eigenvalue weighted by atomic mass is 19.4. The Balaban J connectivity index is 2.57. The van der Waals surface area contributed by atoms with E-state index in [2.05, 4.69) is 10.2 Å². The van der Waals surface area contributed by atoms with Gasteiger partial charge in [0.25, 0.3) is 0 Å². The summed E-state index contributed by atoms with van der Waals surface area (Å²) in [5.74, 6) is 0.316. The van der Waals surface area contributed by atoms with E-state index in [9.17, 15) is 13.2 Å². The average Bonchev–Trinajstić information content (AvgIpc) is 2.63. The maximum Gasteiger partial charge on any atom is 0.416 e. The Morgan fingerprint density at radius 2 is 2.00 bits per heavy atom. The van der Waals surface area contributed by atoms with E-state index >= 15 is 0 Å². The van der Waals surface area contributed by atoms with Gasteiger partial charge in [0.2, 0.25) is 0 Å². The molecule has 0 aliphatic carbocycles. The number of aromatic amines is 1. The molecule has 0 aliphatic heterocycles. The predicted octanol–water partition coefficient (Wildman–Crippen LogP) is 2.99. The van der Waals surface area contributed by atoms with Gasteiger partial charge in [-0.2, -0.15) is 18.3 Å². The van der Waals surface area contributed by atoms with Gasteiger partial charge in [0.05, 0.1) is 11.3 Å². The summed E-state index contributed by atoms with van der Waals surface area (Å²) in [6.07, 6.45) is -4.36. The van der Waals surface area contributed by atoms with Crippen LogP contribution in [-0.4, -0.2) is 10.2 Å². The number of nitrogens with one attached hydrogen (secondary N) is 1. The summed E-state index contributed by atoms with van der Waals surface area (Å²) in [5, 5.41) is 6.35. The summed E-state index contributed by atoms with van der Waals surface area (Å²) >= 11 is 0. The molecule has 0 saturated heterocycles. The molecule has 0 atom stereocenters. The minimum atomic E-state index is -4.36. The Morgan fingerprint density at radius 1 is 1.29 bits per heavy atom. The molecule has 3 nitrogen and oxygen atoms in total. The monoisotopic (exact) mass is 241 g/mol. The van der Waals surface area contributed by atoms with Crippen LogP contribution in [-0.2, 0) is 6.18 Å². The van der Waals surface area contributed by atoms with E-state index in [0.29, 0.717) is 17.1 Å². The fourth-order valence-electron chi connectivity index (χ4n) is 1.69. The summed E-state index contributed by atoms with van der Waals surface area (Å²) < 4.78 is 38.1. The second-order valence-electron chi connectivity index (χ2n) is 3.68. The van der Waals surface area contributed by atoms with Crippen LogP contribution >= 0.6 is 0 Å². The lowest BCUT2D eigenvalue weighted by Gasteiger charge is -2.12. The largest absolute Gasteiger partial charge is 0.416 e. The highest BCUT2D eigenvalue weighted by Gasteiger charge is 2.33. The molecule has 0 fully saturated rings. The Morgan fingerprint density at radius 3 is 2.53 bits per heavy atom. The molecule has 1 aromatic carbocycles. The number of nitrogen functional groups attached to an aromatic ring is 1. The van der Waals surface area contributed by atoms with E-state index in [4.69, 9.17) is 5.73 Å². The maximum atomic E-state index is 12.7. The van der Waals surface area contributed by atoms with E-state index in [-0.39, 0.29) is 5.56 Å². The van der Waals surface area contributed by atoms with Gasteiger partial charge in [-0.15, -0.1) is 0 Å². The van der Waals surface area contributed by atoms with Crippen molar-refractivity contribution in [2.75, 3.05) is 5.73 Å². The normalized spacial score (nSPS) is 11.8. The molecular weight excluding hydrogens is 231 g/mol. The van der Waals surface area contributed by atoms with Gasteiger partial charge < -0.3 is 5.73 Å². The Bertz CT molecular complexity index is 543. The molecule has 6 heteroatoms. The molecule has 3 N–H and O–H groups in total. The van der Waals surface area contributed by atoms with Crippen molar-refractivity contribution in [3.63, 3.8) is 0 Å². The number of nitrogens with zero attached hydrogens (tertiary/aromatic N) is 1. The summed E-state index contributed by atoms with van der Waals surface area (Å²) in [6.45, 7) is 1.42. The molecule has 17 heavy (non-hydrogen) atoms. The number of anilines is 1. The van der Waals surface area contributed by atoms with Crippen LogP contribution in [0.2, 0.25) is 0 Å². The van der Waals surface area contributed by atoms with Gasteiger partial charge in [0.15, 0.2) is 0 Å². The number of nitrogens with two attached hydrogens (primary N) is 1. The number of benzene rings is 1. The van der Waals surface area contributed by atoms with Crippen LogP contribution in [0.1, 0.15) is 11.1 Å². The third-order valence-corrected chi connectivity index (χ3v) is 2.51. The Kier molecular flexibility index (Phi) is 2.57. The van der Waals surface area contributed by atoms with Gasteiger partial charge in [-0.25, -0.2) is 0 Å². The van der Waals surface area contributed by atoms with Crippen LogP contribution in [0.25, 0.3) is 11.3 Å². The fourth-order valence-corrected chi connectivity index (χ4v) is 1.69. The number of hydrogen-bond acceptors (Lipinski definition) is 2. The quantitative estimate of drug-likeness (QED) is 0.806. The van der Waals surface area contributed by atoms with Crippen molar-refractivity contribution in [3.8, 4) is 11.3 Å². The first-order valence-corrected chi connectivity index (χ1v) is 4.87. The standard InChI is InChI=1S/C11H10F3N3/c1-6-7(9-5-10(15)17-16-9)3-2-4-8(6)11(12,13)14/h2-5H,1H3,(H3,15,16,17). The van der Waals surface area contributed by atoms with E-state index in [1.807, 2.05) is 0 Å². The van der Waals surface area contributed by atoms with Crippen molar-refractivity contribution in [1.82, 2.24) is 10.2 Å². The lowest BCUT2D eigenvalue weighted by molar-refractivity contribution is -0.138. The summed E-state index contributed by atoms with van der Waals surface area (Å²) in [7, 11) is 0. The smallest absolute Gasteiger partial charge is 0.384 e. The maximum absolute atomic E-state index is 12.7. The molecule has 0 unspecified atom stereocenters. The highest BCUT2D eigenvalue weighted by molar-refractivity contribution is 5.67. The molecule has 0 bridgehead atoms. The van der Waals surface area contributed by atoms with Crippen LogP contribution in [0.5, 0.6) is 0 Å². The van der Waals surface area contributed by atoms with E-state index < -0.39 is 11.7 Å². The van der Waals surface area contributed by atoms with Crippen molar-refractivity contribution in [2.24, 2.45) is 0 Å². The SMILES string of the molecule is Cc1c(-c2cc(N)[nH]n2)cccc1C(F)(F)F. The Hall–Kier alpha value is -1.98. The lowest BCUT2D eigenvalue weighted by atomic mass is 10.00.